The Hall–Kier alpha value is -3.41. The van der Waals surface area contributed by atoms with Crippen molar-refractivity contribution in [2.45, 2.75) is 6.04 Å². The number of likely N-dealkylation sites (N-methyl/N-ethyl adjacent to an activating group) is 1. The van der Waals surface area contributed by atoms with E-state index >= 15 is 0 Å². The topological polar surface area (TPSA) is 18.8 Å². The van der Waals surface area contributed by atoms with Crippen molar-refractivity contribution in [2.75, 3.05) is 20.1 Å². The maximum atomic E-state index is 13.7. The highest BCUT2D eigenvalue weighted by Crippen LogP contribution is 2.49. The second-order valence-electron chi connectivity index (χ2n) is 8.83. The van der Waals surface area contributed by atoms with Gasteiger partial charge in [-0.25, -0.2) is 9.38 Å². The number of amidine groups is 1. The molecule has 0 radical (unpaired) electrons. The van der Waals surface area contributed by atoms with Crippen molar-refractivity contribution in [3.05, 3.63) is 130 Å². The van der Waals surface area contributed by atoms with E-state index in [1.165, 1.54) is 34.4 Å². The van der Waals surface area contributed by atoms with Crippen molar-refractivity contribution in [1.82, 2.24) is 9.80 Å². The van der Waals surface area contributed by atoms with Crippen molar-refractivity contribution in [3.63, 3.8) is 0 Å². The van der Waals surface area contributed by atoms with Gasteiger partial charge in [-0.2, -0.15) is 0 Å². The fraction of sp³-hybridized carbons (Fsp3) is 0.138. The van der Waals surface area contributed by atoms with Gasteiger partial charge in [0.2, 0.25) is 0 Å². The van der Waals surface area contributed by atoms with E-state index in [4.69, 9.17) is 4.99 Å². The van der Waals surface area contributed by atoms with Gasteiger partial charge in [0, 0.05) is 18.5 Å². The summed E-state index contributed by atoms with van der Waals surface area (Å²) in [7, 11) is 2.17. The summed E-state index contributed by atoms with van der Waals surface area (Å²) < 4.78 is 13.7. The summed E-state index contributed by atoms with van der Waals surface area (Å²) in [5.74, 6) is -0.225. The Balaban J connectivity index is 1.51. The molecule has 1 atom stereocenters. The van der Waals surface area contributed by atoms with Crippen molar-refractivity contribution in [3.8, 4) is 0 Å². The van der Waals surface area contributed by atoms with Gasteiger partial charge in [-0.1, -0.05) is 72.4 Å². The third kappa shape index (κ3) is 3.81. The van der Waals surface area contributed by atoms with Gasteiger partial charge in [0.15, 0.2) is 5.17 Å². The zero-order chi connectivity index (χ0) is 23.1. The fourth-order valence-corrected chi connectivity index (χ4v) is 5.87. The van der Waals surface area contributed by atoms with Crippen LogP contribution in [0.5, 0.6) is 0 Å². The van der Waals surface area contributed by atoms with Gasteiger partial charge in [-0.15, -0.1) is 0 Å². The van der Waals surface area contributed by atoms with Crippen LogP contribution in [0.1, 0.15) is 22.7 Å². The Labute approximate surface area is 203 Å². The normalized spacial score (nSPS) is 21.3. The molecular weight excluding hydrogens is 441 g/mol. The van der Waals surface area contributed by atoms with Crippen molar-refractivity contribution in [1.29, 1.82) is 0 Å². The molecule has 0 saturated heterocycles. The van der Waals surface area contributed by atoms with Crippen LogP contribution in [0.3, 0.4) is 0 Å². The van der Waals surface area contributed by atoms with Crippen LogP contribution in [-0.4, -0.2) is 35.1 Å². The van der Waals surface area contributed by atoms with Crippen LogP contribution < -0.4 is 0 Å². The third-order valence-corrected chi connectivity index (χ3v) is 7.26. The number of thioether (sulfide) groups is 1. The van der Waals surface area contributed by atoms with Gasteiger partial charge >= 0.3 is 0 Å². The minimum atomic E-state index is -0.225. The molecule has 168 valence electrons. The zero-order valence-electron chi connectivity index (χ0n) is 18.9. The Morgan fingerprint density at radius 2 is 1.62 bits per heavy atom. The van der Waals surface area contributed by atoms with Crippen molar-refractivity contribution < 1.29 is 4.39 Å². The first-order valence-electron chi connectivity index (χ1n) is 11.4. The van der Waals surface area contributed by atoms with E-state index in [9.17, 15) is 4.39 Å². The molecule has 1 unspecified atom stereocenters. The second-order valence-corrected chi connectivity index (χ2v) is 9.67. The summed E-state index contributed by atoms with van der Waals surface area (Å²) in [4.78, 5) is 9.89. The summed E-state index contributed by atoms with van der Waals surface area (Å²) in [6.07, 6.45) is 2.26. The molecule has 3 heterocycles. The van der Waals surface area contributed by atoms with Gasteiger partial charge in [0.25, 0.3) is 0 Å². The van der Waals surface area contributed by atoms with Crippen LogP contribution in [0.25, 0.3) is 11.8 Å². The number of hydrogen-bond acceptors (Lipinski definition) is 4. The third-order valence-electron chi connectivity index (χ3n) is 6.42. The van der Waals surface area contributed by atoms with Gasteiger partial charge in [0.05, 0.1) is 17.4 Å². The second kappa shape index (κ2) is 8.75. The Morgan fingerprint density at radius 3 is 2.35 bits per heavy atom. The first-order valence-corrected chi connectivity index (χ1v) is 12.3. The average molecular weight is 466 g/mol. The van der Waals surface area contributed by atoms with Crippen LogP contribution in [0.4, 0.5) is 4.39 Å². The summed E-state index contributed by atoms with van der Waals surface area (Å²) in [5.41, 5.74) is 8.10. The lowest BCUT2D eigenvalue weighted by Crippen LogP contribution is -2.40. The highest BCUT2D eigenvalue weighted by molar-refractivity contribution is 8.16. The molecular formula is C29H24FN3S. The van der Waals surface area contributed by atoms with E-state index in [2.05, 4.69) is 82.9 Å². The number of rotatable bonds is 3. The molecule has 0 spiro atoms. The molecule has 0 saturated carbocycles. The highest BCUT2D eigenvalue weighted by atomic mass is 32.2. The molecule has 3 aromatic carbocycles. The van der Waals surface area contributed by atoms with Crippen LogP contribution in [0, 0.1) is 5.82 Å². The molecule has 0 aliphatic carbocycles. The quantitative estimate of drug-likeness (QED) is 0.436. The SMILES string of the molecule is CN1CC(=Cc2ccccc2)C2=C(C1)C(c1ccccc1)N1C(c3ccc(F)cc3)=CSC1=N2. The fourth-order valence-electron chi connectivity index (χ4n) is 4.94. The van der Waals surface area contributed by atoms with Gasteiger partial charge in [-0.05, 0) is 65.2 Å². The number of nitrogens with zero attached hydrogens (tertiary/aromatic N) is 3. The highest BCUT2D eigenvalue weighted by Gasteiger charge is 2.41. The summed E-state index contributed by atoms with van der Waals surface area (Å²) in [6, 6.07) is 27.9. The van der Waals surface area contributed by atoms with E-state index < -0.39 is 0 Å². The molecule has 0 N–H and O–H groups in total. The Bertz CT molecular complexity index is 1340. The summed E-state index contributed by atoms with van der Waals surface area (Å²) in [6.45, 7) is 1.70. The van der Waals surface area contributed by atoms with Crippen molar-refractivity contribution in [2.24, 2.45) is 4.99 Å². The molecule has 6 rings (SSSR count). The molecule has 3 aromatic rings. The van der Waals surface area contributed by atoms with E-state index in [1.54, 1.807) is 11.8 Å². The smallest absolute Gasteiger partial charge is 0.174 e. The van der Waals surface area contributed by atoms with Gasteiger partial charge in [-0.3, -0.25) is 4.90 Å². The first-order chi connectivity index (χ1) is 16.7. The van der Waals surface area contributed by atoms with Crippen LogP contribution in [0.2, 0.25) is 0 Å². The predicted octanol–water partition coefficient (Wildman–Crippen LogP) is 6.57. The zero-order valence-corrected chi connectivity index (χ0v) is 19.7. The van der Waals surface area contributed by atoms with Crippen LogP contribution >= 0.6 is 11.8 Å². The number of benzene rings is 3. The molecule has 3 aliphatic heterocycles. The lowest BCUT2D eigenvalue weighted by molar-refractivity contribution is 0.344. The number of fused-ring (bicyclic) bond motifs is 1. The number of hydrogen-bond donors (Lipinski definition) is 0. The van der Waals surface area contributed by atoms with Gasteiger partial charge in [0.1, 0.15) is 5.82 Å². The maximum absolute atomic E-state index is 13.7. The Morgan fingerprint density at radius 1 is 0.912 bits per heavy atom. The van der Waals surface area contributed by atoms with Crippen LogP contribution in [0.15, 0.2) is 112 Å². The molecule has 0 fully saturated rings. The largest absolute Gasteiger partial charge is 0.308 e. The average Bonchev–Trinajstić information content (AvgIpc) is 3.28. The number of aliphatic imine (C=N–C) groups is 1. The monoisotopic (exact) mass is 465 g/mol. The molecule has 3 aliphatic rings. The van der Waals surface area contributed by atoms with E-state index in [0.29, 0.717) is 0 Å². The minimum absolute atomic E-state index is 0.0249. The Kier molecular flexibility index (Phi) is 5.44. The summed E-state index contributed by atoms with van der Waals surface area (Å²) in [5, 5.41) is 3.11. The van der Waals surface area contributed by atoms with E-state index in [-0.39, 0.29) is 11.9 Å². The van der Waals surface area contributed by atoms with Crippen molar-refractivity contribution >= 4 is 28.7 Å². The molecule has 0 amide bonds. The minimum Gasteiger partial charge on any atom is -0.308 e. The lowest BCUT2D eigenvalue weighted by Gasteiger charge is -2.42. The standard InChI is InChI=1S/C29H24FN3S/c1-32-17-23(16-20-8-4-2-5-9-20)27-25(18-32)28(22-10-6-3-7-11-22)33-26(19-34-29(33)31-27)21-12-14-24(30)15-13-21/h2-16,19,28H,17-18H2,1H3. The molecule has 5 heteroatoms. The van der Waals surface area contributed by atoms with E-state index in [1.807, 2.05) is 18.2 Å². The maximum Gasteiger partial charge on any atom is 0.174 e. The molecule has 0 bridgehead atoms. The first kappa shape index (κ1) is 21.1. The number of halogens is 1. The van der Waals surface area contributed by atoms with E-state index in [0.717, 1.165) is 35.2 Å². The molecule has 34 heavy (non-hydrogen) atoms. The summed E-state index contributed by atoms with van der Waals surface area (Å²) >= 11 is 1.64. The predicted molar refractivity (Wildman–Crippen MR) is 139 cm³/mol. The molecule has 3 nitrogen and oxygen atoms in total. The molecule has 0 aromatic heterocycles. The lowest BCUT2D eigenvalue weighted by atomic mass is 9.88. The van der Waals surface area contributed by atoms with Crippen LogP contribution in [-0.2, 0) is 0 Å². The van der Waals surface area contributed by atoms with Gasteiger partial charge < -0.3 is 4.90 Å².